The molecule has 0 saturated heterocycles. The molecule has 0 aliphatic rings. The summed E-state index contributed by atoms with van der Waals surface area (Å²) in [5.41, 5.74) is 0. The highest BCUT2D eigenvalue weighted by Gasteiger charge is 2.17. The molecule has 0 radical (unpaired) electrons. The predicted molar refractivity (Wildman–Crippen MR) is 212 cm³/mol. The van der Waals surface area contributed by atoms with Gasteiger partial charge >= 0.3 is 0 Å². The van der Waals surface area contributed by atoms with Crippen LogP contribution in [0.3, 0.4) is 0 Å². The van der Waals surface area contributed by atoms with Gasteiger partial charge in [0.2, 0.25) is 5.91 Å². The third kappa shape index (κ3) is 36.2. The molecule has 2 atom stereocenters. The van der Waals surface area contributed by atoms with Crippen LogP contribution in [0.15, 0.2) is 24.3 Å². The summed E-state index contributed by atoms with van der Waals surface area (Å²) < 4.78 is 0. The zero-order chi connectivity index (χ0) is 35.0. The van der Waals surface area contributed by atoms with Gasteiger partial charge in [0.15, 0.2) is 0 Å². The van der Waals surface area contributed by atoms with Crippen LogP contribution in [0.5, 0.6) is 0 Å². The molecule has 0 spiro atoms. The van der Waals surface area contributed by atoms with Gasteiger partial charge in [0.1, 0.15) is 0 Å². The quantitative estimate of drug-likeness (QED) is 0.0448. The van der Waals surface area contributed by atoms with E-state index in [2.05, 4.69) is 31.3 Å². The molecule has 0 rings (SSSR count). The molecule has 4 nitrogen and oxygen atoms in total. The summed E-state index contributed by atoms with van der Waals surface area (Å²) in [6.07, 6.45) is 52.4. The van der Waals surface area contributed by atoms with E-state index < -0.39 is 12.1 Å². The summed E-state index contributed by atoms with van der Waals surface area (Å²) in [6, 6.07) is -0.614. The minimum atomic E-state index is -0.831. The molecule has 4 heteroatoms. The molecular formula is C44H85NO3. The largest absolute Gasteiger partial charge is 0.394 e. The topological polar surface area (TPSA) is 69.6 Å². The Morgan fingerprint density at radius 1 is 0.479 bits per heavy atom. The predicted octanol–water partition coefficient (Wildman–Crippen LogP) is 13.2. The Bertz CT molecular complexity index is 691. The molecule has 1 amide bonds. The molecule has 0 aliphatic carbocycles. The van der Waals surface area contributed by atoms with E-state index in [0.29, 0.717) is 6.42 Å². The number of carbonyl (C=O) groups excluding carboxylic acids is 1. The fourth-order valence-corrected chi connectivity index (χ4v) is 6.59. The van der Waals surface area contributed by atoms with Crippen molar-refractivity contribution in [2.45, 2.75) is 244 Å². The Morgan fingerprint density at radius 3 is 1.19 bits per heavy atom. The average Bonchev–Trinajstić information content (AvgIpc) is 3.09. The number of amides is 1. The number of aliphatic hydroxyl groups is 2. The minimum absolute atomic E-state index is 0.0731. The van der Waals surface area contributed by atoms with Gasteiger partial charge in [0, 0.05) is 6.42 Å². The van der Waals surface area contributed by atoms with E-state index in [4.69, 9.17) is 0 Å². The Labute approximate surface area is 300 Å². The number of carbonyl (C=O) groups is 1. The second kappa shape index (κ2) is 40.3. The third-order valence-electron chi connectivity index (χ3n) is 9.91. The van der Waals surface area contributed by atoms with Crippen molar-refractivity contribution in [3.8, 4) is 0 Å². The Morgan fingerprint density at radius 2 is 0.833 bits per heavy atom. The summed E-state index contributed by atoms with van der Waals surface area (Å²) in [4.78, 5) is 12.2. The summed E-state index contributed by atoms with van der Waals surface area (Å²) in [7, 11) is 0. The van der Waals surface area contributed by atoms with Crippen molar-refractivity contribution in [1.82, 2.24) is 5.32 Å². The van der Waals surface area contributed by atoms with Crippen molar-refractivity contribution >= 4 is 5.91 Å². The van der Waals surface area contributed by atoms with Gasteiger partial charge < -0.3 is 15.5 Å². The lowest BCUT2D eigenvalue weighted by molar-refractivity contribution is -0.123. The van der Waals surface area contributed by atoms with E-state index in [1.165, 1.54) is 186 Å². The fourth-order valence-electron chi connectivity index (χ4n) is 6.59. The number of aliphatic hydroxyl groups excluding tert-OH is 2. The first-order chi connectivity index (χ1) is 23.7. The lowest BCUT2D eigenvalue weighted by Crippen LogP contribution is -2.45. The van der Waals surface area contributed by atoms with E-state index in [1.807, 2.05) is 6.08 Å². The molecule has 0 bridgehead atoms. The first-order valence-electron chi connectivity index (χ1n) is 21.6. The first-order valence-corrected chi connectivity index (χ1v) is 21.6. The summed E-state index contributed by atoms with van der Waals surface area (Å²) in [5, 5.41) is 22.4. The van der Waals surface area contributed by atoms with Crippen molar-refractivity contribution in [1.29, 1.82) is 0 Å². The smallest absolute Gasteiger partial charge is 0.220 e. The molecular weight excluding hydrogens is 590 g/mol. The Hall–Kier alpha value is -1.13. The van der Waals surface area contributed by atoms with Crippen molar-refractivity contribution in [2.24, 2.45) is 0 Å². The van der Waals surface area contributed by atoms with Gasteiger partial charge in [-0.05, 0) is 38.5 Å². The average molecular weight is 676 g/mol. The van der Waals surface area contributed by atoms with Crippen LogP contribution in [0.1, 0.15) is 232 Å². The van der Waals surface area contributed by atoms with Crippen LogP contribution in [-0.2, 0) is 4.79 Å². The molecule has 0 aromatic rings. The van der Waals surface area contributed by atoms with E-state index >= 15 is 0 Å². The maximum atomic E-state index is 12.2. The van der Waals surface area contributed by atoms with Crippen LogP contribution >= 0.6 is 0 Å². The van der Waals surface area contributed by atoms with Crippen LogP contribution in [0.25, 0.3) is 0 Å². The number of unbranched alkanes of at least 4 members (excludes halogenated alkanes) is 30. The molecule has 0 aromatic carbocycles. The van der Waals surface area contributed by atoms with Crippen molar-refractivity contribution in [2.75, 3.05) is 6.61 Å². The van der Waals surface area contributed by atoms with E-state index in [-0.39, 0.29) is 12.5 Å². The standard InChI is InChI=1S/C44H85NO3/c1-3-5-7-8-9-10-11-12-13-14-15-16-17-18-19-20-21-22-23-24-25-26-27-28-29-30-31-32-33-34-35-36-38-40-44(48)45-42(41-46)43(47)39-37-6-4-2/h14-15,37,39,42-43,46-47H,3-13,16-36,38,40-41H2,1-2H3,(H,45,48)/b15-14-,39-37+. The Kier molecular flexibility index (Phi) is 39.4. The normalized spacial score (nSPS) is 13.2. The van der Waals surface area contributed by atoms with Crippen LogP contribution in [0.4, 0.5) is 0 Å². The highest BCUT2D eigenvalue weighted by atomic mass is 16.3. The Balaban J connectivity index is 3.28. The number of allylic oxidation sites excluding steroid dienone is 3. The van der Waals surface area contributed by atoms with Gasteiger partial charge in [-0.25, -0.2) is 0 Å². The molecule has 48 heavy (non-hydrogen) atoms. The summed E-state index contributed by atoms with van der Waals surface area (Å²) in [6.45, 7) is 4.12. The molecule has 284 valence electrons. The molecule has 0 aliphatic heterocycles. The second-order valence-electron chi connectivity index (χ2n) is 14.8. The molecule has 0 fully saturated rings. The molecule has 0 aromatic heterocycles. The van der Waals surface area contributed by atoms with Gasteiger partial charge in [-0.2, -0.15) is 0 Å². The van der Waals surface area contributed by atoms with Crippen molar-refractivity contribution in [3.63, 3.8) is 0 Å². The van der Waals surface area contributed by atoms with Gasteiger partial charge in [-0.1, -0.05) is 212 Å². The fraction of sp³-hybridized carbons (Fsp3) is 0.886. The highest BCUT2D eigenvalue weighted by Crippen LogP contribution is 2.16. The van der Waals surface area contributed by atoms with E-state index in [1.54, 1.807) is 6.08 Å². The zero-order valence-corrected chi connectivity index (χ0v) is 32.5. The maximum absolute atomic E-state index is 12.2. The van der Waals surface area contributed by atoms with Gasteiger partial charge in [0.25, 0.3) is 0 Å². The lowest BCUT2D eigenvalue weighted by Gasteiger charge is -2.19. The SMILES string of the molecule is CCC/C=C/C(O)C(CO)NC(=O)CCCCCCCCCCCCCCCCCCCCCCC/C=C\CCCCCCCCCC. The highest BCUT2D eigenvalue weighted by molar-refractivity contribution is 5.76. The van der Waals surface area contributed by atoms with Gasteiger partial charge in [-0.3, -0.25) is 4.79 Å². The first kappa shape index (κ1) is 46.9. The molecule has 2 unspecified atom stereocenters. The van der Waals surface area contributed by atoms with Crippen LogP contribution in [-0.4, -0.2) is 34.9 Å². The molecule has 3 N–H and O–H groups in total. The zero-order valence-electron chi connectivity index (χ0n) is 32.5. The number of hydrogen-bond donors (Lipinski definition) is 3. The van der Waals surface area contributed by atoms with Crippen LogP contribution in [0.2, 0.25) is 0 Å². The number of nitrogens with one attached hydrogen (secondary N) is 1. The second-order valence-corrected chi connectivity index (χ2v) is 14.8. The number of hydrogen-bond acceptors (Lipinski definition) is 3. The maximum Gasteiger partial charge on any atom is 0.220 e. The monoisotopic (exact) mass is 676 g/mol. The van der Waals surface area contributed by atoms with E-state index in [9.17, 15) is 15.0 Å². The lowest BCUT2D eigenvalue weighted by atomic mass is 10.0. The van der Waals surface area contributed by atoms with Crippen LogP contribution < -0.4 is 5.32 Å². The molecule has 0 heterocycles. The summed E-state index contributed by atoms with van der Waals surface area (Å²) >= 11 is 0. The van der Waals surface area contributed by atoms with Gasteiger partial charge in [0.05, 0.1) is 18.8 Å². The minimum Gasteiger partial charge on any atom is -0.394 e. The van der Waals surface area contributed by atoms with Crippen molar-refractivity contribution < 1.29 is 15.0 Å². The third-order valence-corrected chi connectivity index (χ3v) is 9.91. The van der Waals surface area contributed by atoms with E-state index in [0.717, 1.165) is 25.7 Å². The number of rotatable bonds is 39. The summed E-state index contributed by atoms with van der Waals surface area (Å²) in [5.74, 6) is -0.0731. The van der Waals surface area contributed by atoms with Crippen molar-refractivity contribution in [3.05, 3.63) is 24.3 Å². The van der Waals surface area contributed by atoms with Crippen LogP contribution in [0, 0.1) is 0 Å². The van der Waals surface area contributed by atoms with Gasteiger partial charge in [-0.15, -0.1) is 0 Å². The molecule has 0 saturated carbocycles.